The fourth-order valence-corrected chi connectivity index (χ4v) is 7.42. The van der Waals surface area contributed by atoms with Gasteiger partial charge in [0.05, 0.1) is 0 Å². The monoisotopic (exact) mass is 969 g/mol. The fraction of sp³-hybridized carbons (Fsp3) is 0.0233. The molecule has 0 saturated carbocycles. The number of carbonyl (C=O) groups excluding carboxylic acids is 3. The van der Waals surface area contributed by atoms with Crippen molar-refractivity contribution in [3.8, 4) is 34.1 Å². The molecule has 54 heavy (non-hydrogen) atoms. The molecule has 0 spiro atoms. The van der Waals surface area contributed by atoms with Crippen LogP contribution in [0.2, 0.25) is 0 Å². The Morgan fingerprint density at radius 2 is 0.963 bits per heavy atom. The van der Waals surface area contributed by atoms with Gasteiger partial charge in [0.15, 0.2) is 5.58 Å². The Bertz CT molecular complexity index is 2600. The Balaban J connectivity index is 0.000000154. The van der Waals surface area contributed by atoms with Gasteiger partial charge in [-0.05, 0) is 119 Å². The standard InChI is InChI=1S/C21H11Br2NO2.C14H6Br2O2.C7H6O2.CH4/c22-12-3-7-15-16-8-4-13(23)10-18(16)20-19(17(15)9-12)24-21(26-20)11-1-5-14(25)6-2-11;15-7-1-3-9-10-4-2-8(16)6-12(10)14(18)13(17)11(9)5-7;8-5-6-1-3-7(9)4-2-6;/h1-10,25H;1-6H;1-5,9H;1H4. The van der Waals surface area contributed by atoms with Crippen LogP contribution >= 0.6 is 63.7 Å². The number of fused-ring (bicyclic) bond motifs is 9. The first kappa shape index (κ1) is 38.8. The number of oxazole rings is 1. The zero-order chi connectivity index (χ0) is 37.4. The summed E-state index contributed by atoms with van der Waals surface area (Å²) in [6.45, 7) is 0. The molecular weight excluding hydrogens is 946 g/mol. The van der Waals surface area contributed by atoms with Gasteiger partial charge in [-0.2, -0.15) is 0 Å². The van der Waals surface area contributed by atoms with E-state index in [0.29, 0.717) is 22.6 Å². The Morgan fingerprint density at radius 1 is 0.519 bits per heavy atom. The number of phenols is 2. The molecule has 11 heteroatoms. The third-order valence-corrected chi connectivity index (χ3v) is 10.4. The highest BCUT2D eigenvalue weighted by molar-refractivity contribution is 9.11. The van der Waals surface area contributed by atoms with E-state index in [1.165, 1.54) is 12.1 Å². The maximum absolute atomic E-state index is 12.1. The third-order valence-electron chi connectivity index (χ3n) is 8.47. The summed E-state index contributed by atoms with van der Waals surface area (Å²) < 4.78 is 9.76. The molecule has 1 aliphatic rings. The lowest BCUT2D eigenvalue weighted by atomic mass is 9.84. The van der Waals surface area contributed by atoms with Crippen LogP contribution < -0.4 is 0 Å². The van der Waals surface area contributed by atoms with Crippen LogP contribution in [-0.2, 0) is 0 Å². The molecular formula is C43H27Br4NO6. The van der Waals surface area contributed by atoms with Crippen LogP contribution in [0.4, 0.5) is 0 Å². The summed E-state index contributed by atoms with van der Waals surface area (Å²) in [5, 5.41) is 22.6. The number of aromatic nitrogens is 1. The van der Waals surface area contributed by atoms with Crippen molar-refractivity contribution in [2.75, 3.05) is 0 Å². The van der Waals surface area contributed by atoms with E-state index in [0.717, 1.165) is 73.5 Å². The van der Waals surface area contributed by atoms with Crippen molar-refractivity contribution in [2.45, 2.75) is 7.43 Å². The van der Waals surface area contributed by atoms with Crippen molar-refractivity contribution >= 4 is 114 Å². The summed E-state index contributed by atoms with van der Waals surface area (Å²) >= 11 is 13.8. The summed E-state index contributed by atoms with van der Waals surface area (Å²) in [4.78, 5) is 38.9. The molecule has 9 rings (SSSR count). The zero-order valence-corrected chi connectivity index (χ0v) is 33.5. The van der Waals surface area contributed by atoms with Crippen molar-refractivity contribution in [1.82, 2.24) is 4.98 Å². The van der Waals surface area contributed by atoms with E-state index >= 15 is 0 Å². The molecule has 0 atom stereocenters. The van der Waals surface area contributed by atoms with E-state index in [9.17, 15) is 19.5 Å². The fourth-order valence-electron chi connectivity index (χ4n) is 5.98. The Labute approximate surface area is 343 Å². The molecule has 2 N–H and O–H groups in total. The van der Waals surface area contributed by atoms with Gasteiger partial charge in [-0.1, -0.05) is 95.4 Å². The number of rotatable bonds is 2. The highest BCUT2D eigenvalue weighted by atomic mass is 79.9. The van der Waals surface area contributed by atoms with Gasteiger partial charge in [0.2, 0.25) is 17.5 Å². The normalized spacial score (nSPS) is 11.5. The smallest absolute Gasteiger partial charge is 0.234 e. The van der Waals surface area contributed by atoms with Crippen LogP contribution in [0.3, 0.4) is 0 Å². The summed E-state index contributed by atoms with van der Waals surface area (Å²) in [6.07, 6.45) is 0.736. The van der Waals surface area contributed by atoms with Gasteiger partial charge in [0, 0.05) is 50.9 Å². The molecule has 0 aliphatic heterocycles. The van der Waals surface area contributed by atoms with Gasteiger partial charge in [-0.3, -0.25) is 14.4 Å². The van der Waals surface area contributed by atoms with E-state index in [1.807, 2.05) is 36.4 Å². The van der Waals surface area contributed by atoms with Crippen molar-refractivity contribution in [3.05, 3.63) is 156 Å². The predicted octanol–water partition coefficient (Wildman–Crippen LogP) is 13.1. The number of Topliss-reactive ketones (excluding diaryl/α,β-unsaturated/α-hetero) is 2. The molecule has 1 aromatic heterocycles. The quantitative estimate of drug-likeness (QED) is 0.101. The Kier molecular flexibility index (Phi) is 11.6. The highest BCUT2D eigenvalue weighted by Gasteiger charge is 2.30. The number of benzene rings is 7. The SMILES string of the molecule is C.O=C1C(=O)c2cc(Br)ccc2-c2ccc(Br)cc21.O=Cc1ccc(O)cc1.Oc1ccc(-c2nc3c4cc(Br)ccc4c4ccc(Br)cc4c3o2)cc1. The maximum atomic E-state index is 12.1. The average Bonchev–Trinajstić information content (AvgIpc) is 3.61. The first-order chi connectivity index (χ1) is 25.5. The number of aldehydes is 1. The van der Waals surface area contributed by atoms with Crippen LogP contribution in [0.1, 0.15) is 38.5 Å². The average molecular weight is 973 g/mol. The highest BCUT2D eigenvalue weighted by Crippen LogP contribution is 2.40. The van der Waals surface area contributed by atoms with Crippen LogP contribution in [0.25, 0.3) is 55.2 Å². The number of hydrogen-bond acceptors (Lipinski definition) is 7. The van der Waals surface area contributed by atoms with Crippen molar-refractivity contribution in [2.24, 2.45) is 0 Å². The summed E-state index contributed by atoms with van der Waals surface area (Å²) in [5.74, 6) is 0.0387. The van der Waals surface area contributed by atoms with Gasteiger partial charge in [-0.15, -0.1) is 0 Å². The summed E-state index contributed by atoms with van der Waals surface area (Å²) in [7, 11) is 0. The second-order valence-corrected chi connectivity index (χ2v) is 15.5. The molecule has 1 aliphatic carbocycles. The van der Waals surface area contributed by atoms with E-state index in [2.05, 4.69) is 88.0 Å². The minimum absolute atomic E-state index is 0. The number of carbonyl (C=O) groups is 3. The minimum atomic E-state index is -0.447. The topological polar surface area (TPSA) is 118 Å². The van der Waals surface area contributed by atoms with E-state index in [1.54, 1.807) is 48.5 Å². The second kappa shape index (κ2) is 16.2. The number of aromatic hydroxyl groups is 2. The maximum Gasteiger partial charge on any atom is 0.234 e. The number of ketones is 2. The lowest BCUT2D eigenvalue weighted by Gasteiger charge is -2.18. The number of halogens is 4. The van der Waals surface area contributed by atoms with Crippen LogP contribution in [0.15, 0.2) is 144 Å². The van der Waals surface area contributed by atoms with E-state index in [4.69, 9.17) is 14.5 Å². The Morgan fingerprint density at radius 3 is 1.48 bits per heavy atom. The van der Waals surface area contributed by atoms with E-state index in [-0.39, 0.29) is 18.9 Å². The molecule has 0 bridgehead atoms. The molecule has 0 radical (unpaired) electrons. The van der Waals surface area contributed by atoms with Gasteiger partial charge in [-0.25, -0.2) is 4.98 Å². The van der Waals surface area contributed by atoms with Crippen LogP contribution in [-0.4, -0.2) is 33.0 Å². The molecule has 0 fully saturated rings. The first-order valence-electron chi connectivity index (χ1n) is 15.8. The van der Waals surface area contributed by atoms with Gasteiger partial charge in [0.1, 0.15) is 23.3 Å². The molecule has 0 amide bonds. The molecule has 0 unspecified atom stereocenters. The Hall–Kier alpha value is -4.94. The summed E-state index contributed by atoms with van der Waals surface area (Å²) in [6, 6.07) is 36.2. The zero-order valence-electron chi connectivity index (χ0n) is 27.1. The number of phenolic OH excluding ortho intramolecular Hbond substituents is 2. The summed E-state index contributed by atoms with van der Waals surface area (Å²) in [5.41, 5.74) is 5.53. The molecule has 7 nitrogen and oxygen atoms in total. The molecule has 0 saturated heterocycles. The molecule has 1 heterocycles. The lowest BCUT2D eigenvalue weighted by molar-refractivity contribution is 0.0815. The number of nitrogens with zero attached hydrogens (tertiary/aromatic N) is 1. The lowest BCUT2D eigenvalue weighted by Crippen LogP contribution is -2.21. The van der Waals surface area contributed by atoms with Crippen LogP contribution in [0, 0.1) is 0 Å². The van der Waals surface area contributed by atoms with Crippen molar-refractivity contribution in [3.63, 3.8) is 0 Å². The number of hydrogen-bond donors (Lipinski definition) is 2. The van der Waals surface area contributed by atoms with Gasteiger partial charge >= 0.3 is 0 Å². The molecule has 7 aromatic carbocycles. The van der Waals surface area contributed by atoms with Gasteiger partial charge < -0.3 is 14.6 Å². The third kappa shape index (κ3) is 7.81. The largest absolute Gasteiger partial charge is 0.508 e. The van der Waals surface area contributed by atoms with E-state index < -0.39 is 11.6 Å². The predicted molar refractivity (Wildman–Crippen MR) is 228 cm³/mol. The van der Waals surface area contributed by atoms with Crippen molar-refractivity contribution in [1.29, 1.82) is 0 Å². The van der Waals surface area contributed by atoms with Crippen LogP contribution in [0.5, 0.6) is 11.5 Å². The minimum Gasteiger partial charge on any atom is -0.508 e. The molecule has 268 valence electrons. The van der Waals surface area contributed by atoms with Crippen molar-refractivity contribution < 1.29 is 29.0 Å². The molecule has 8 aromatic rings. The second-order valence-electron chi connectivity index (χ2n) is 11.9. The first-order valence-corrected chi connectivity index (χ1v) is 19.0. The van der Waals surface area contributed by atoms with Gasteiger partial charge in [0.25, 0.3) is 0 Å².